The molecule has 24 heavy (non-hydrogen) atoms. The van der Waals surface area contributed by atoms with Gasteiger partial charge in [0.15, 0.2) is 5.60 Å². The van der Waals surface area contributed by atoms with Gasteiger partial charge in [0.25, 0.3) is 5.91 Å². The number of aliphatic hydroxyl groups is 1. The number of nitrogens with one attached hydrogen (secondary N) is 1. The number of fused-ring (bicyclic) bond motifs is 1. The monoisotopic (exact) mass is 324 g/mol. The lowest BCUT2D eigenvalue weighted by atomic mass is 9.98. The highest BCUT2D eigenvalue weighted by Gasteiger charge is 2.34. The second kappa shape index (κ2) is 6.65. The normalized spacial score (nSPS) is 16.2. The summed E-state index contributed by atoms with van der Waals surface area (Å²) in [6.07, 6.45) is 2.08. The number of para-hydroxylation sites is 1. The van der Waals surface area contributed by atoms with Crippen LogP contribution in [0.3, 0.4) is 0 Å². The Morgan fingerprint density at radius 2 is 2.04 bits per heavy atom. The number of nitrogens with zero attached hydrogens (tertiary/aromatic N) is 1. The SMILES string of the molecule is Cc1cccc(NC(=O)[C@@](C)(O)CN2CCCc3ccccc32)c1. The molecule has 2 N–H and O–H groups in total. The van der Waals surface area contributed by atoms with Gasteiger partial charge in [0.2, 0.25) is 0 Å². The summed E-state index contributed by atoms with van der Waals surface area (Å²) in [5.41, 5.74) is 2.71. The van der Waals surface area contributed by atoms with E-state index in [1.807, 2.05) is 43.3 Å². The summed E-state index contributed by atoms with van der Waals surface area (Å²) in [6.45, 7) is 4.68. The number of aryl methyl sites for hydroxylation is 2. The van der Waals surface area contributed by atoms with Gasteiger partial charge in [-0.3, -0.25) is 4.79 Å². The number of carbonyl (C=O) groups is 1. The molecule has 1 atom stereocenters. The Morgan fingerprint density at radius 1 is 1.25 bits per heavy atom. The van der Waals surface area contributed by atoms with Crippen LogP contribution in [0.5, 0.6) is 0 Å². The summed E-state index contributed by atoms with van der Waals surface area (Å²) in [7, 11) is 0. The minimum Gasteiger partial charge on any atom is -0.378 e. The van der Waals surface area contributed by atoms with Gasteiger partial charge in [-0.2, -0.15) is 0 Å². The molecule has 1 aliphatic heterocycles. The first kappa shape index (κ1) is 16.5. The molecule has 4 nitrogen and oxygen atoms in total. The zero-order valence-electron chi connectivity index (χ0n) is 14.2. The Balaban J connectivity index is 1.73. The van der Waals surface area contributed by atoms with Crippen LogP contribution < -0.4 is 10.2 Å². The molecule has 2 aromatic carbocycles. The minimum absolute atomic E-state index is 0.279. The first-order valence-corrected chi connectivity index (χ1v) is 8.39. The van der Waals surface area contributed by atoms with Crippen molar-refractivity contribution >= 4 is 17.3 Å². The number of rotatable bonds is 4. The Bertz CT molecular complexity index is 740. The molecular formula is C20H24N2O2. The maximum absolute atomic E-state index is 12.5. The van der Waals surface area contributed by atoms with E-state index in [1.165, 1.54) is 5.56 Å². The molecule has 0 aliphatic carbocycles. The molecular weight excluding hydrogens is 300 g/mol. The van der Waals surface area contributed by atoms with Crippen molar-refractivity contribution in [2.75, 3.05) is 23.3 Å². The van der Waals surface area contributed by atoms with E-state index in [2.05, 4.69) is 22.3 Å². The summed E-state index contributed by atoms with van der Waals surface area (Å²) in [4.78, 5) is 14.6. The fourth-order valence-electron chi connectivity index (χ4n) is 3.21. The highest BCUT2D eigenvalue weighted by atomic mass is 16.3. The van der Waals surface area contributed by atoms with Crippen molar-refractivity contribution in [1.29, 1.82) is 0 Å². The van der Waals surface area contributed by atoms with E-state index in [4.69, 9.17) is 0 Å². The summed E-state index contributed by atoms with van der Waals surface area (Å²) in [5, 5.41) is 13.6. The maximum Gasteiger partial charge on any atom is 0.257 e. The molecule has 1 heterocycles. The molecule has 0 bridgehead atoms. The largest absolute Gasteiger partial charge is 0.378 e. The second-order valence-corrected chi connectivity index (χ2v) is 6.75. The van der Waals surface area contributed by atoms with E-state index < -0.39 is 5.60 Å². The van der Waals surface area contributed by atoms with Gasteiger partial charge in [-0.25, -0.2) is 0 Å². The summed E-state index contributed by atoms with van der Waals surface area (Å²) < 4.78 is 0. The molecule has 0 spiro atoms. The van der Waals surface area contributed by atoms with Crippen LogP contribution in [0.4, 0.5) is 11.4 Å². The van der Waals surface area contributed by atoms with Gasteiger partial charge in [0, 0.05) is 17.9 Å². The first-order valence-electron chi connectivity index (χ1n) is 8.39. The number of amides is 1. The topological polar surface area (TPSA) is 52.6 Å². The van der Waals surface area contributed by atoms with Gasteiger partial charge >= 0.3 is 0 Å². The lowest BCUT2D eigenvalue weighted by Gasteiger charge is -2.36. The second-order valence-electron chi connectivity index (χ2n) is 6.75. The quantitative estimate of drug-likeness (QED) is 0.908. The fourth-order valence-corrected chi connectivity index (χ4v) is 3.21. The van der Waals surface area contributed by atoms with Gasteiger partial charge < -0.3 is 15.3 Å². The van der Waals surface area contributed by atoms with Gasteiger partial charge in [0.1, 0.15) is 0 Å². The van der Waals surface area contributed by atoms with Crippen LogP contribution in [-0.4, -0.2) is 29.7 Å². The van der Waals surface area contributed by atoms with E-state index in [0.29, 0.717) is 5.69 Å². The van der Waals surface area contributed by atoms with Crippen molar-refractivity contribution in [1.82, 2.24) is 0 Å². The van der Waals surface area contributed by atoms with Gasteiger partial charge in [0.05, 0.1) is 6.54 Å². The highest BCUT2D eigenvalue weighted by molar-refractivity contribution is 5.97. The molecule has 3 rings (SSSR count). The molecule has 0 saturated carbocycles. The lowest BCUT2D eigenvalue weighted by Crippen LogP contribution is -2.50. The molecule has 0 unspecified atom stereocenters. The number of hydrogen-bond acceptors (Lipinski definition) is 3. The molecule has 0 radical (unpaired) electrons. The average Bonchev–Trinajstić information content (AvgIpc) is 2.55. The lowest BCUT2D eigenvalue weighted by molar-refractivity contribution is -0.131. The summed E-state index contributed by atoms with van der Waals surface area (Å²) in [5.74, 6) is -0.379. The van der Waals surface area contributed by atoms with Crippen molar-refractivity contribution in [3.05, 3.63) is 59.7 Å². The van der Waals surface area contributed by atoms with E-state index in [9.17, 15) is 9.90 Å². The van der Waals surface area contributed by atoms with E-state index >= 15 is 0 Å². The van der Waals surface area contributed by atoms with Crippen molar-refractivity contribution < 1.29 is 9.90 Å². The fraction of sp³-hybridized carbons (Fsp3) is 0.350. The third kappa shape index (κ3) is 3.60. The Morgan fingerprint density at radius 3 is 2.83 bits per heavy atom. The molecule has 0 aromatic heterocycles. The predicted octanol–water partition coefficient (Wildman–Crippen LogP) is 3.14. The van der Waals surface area contributed by atoms with Crippen LogP contribution in [0.25, 0.3) is 0 Å². The molecule has 0 fully saturated rings. The van der Waals surface area contributed by atoms with E-state index in [-0.39, 0.29) is 12.5 Å². The summed E-state index contributed by atoms with van der Waals surface area (Å²) >= 11 is 0. The van der Waals surface area contributed by atoms with Crippen molar-refractivity contribution in [2.24, 2.45) is 0 Å². The smallest absolute Gasteiger partial charge is 0.257 e. The van der Waals surface area contributed by atoms with Crippen molar-refractivity contribution in [2.45, 2.75) is 32.3 Å². The van der Waals surface area contributed by atoms with Crippen LogP contribution >= 0.6 is 0 Å². The molecule has 4 heteroatoms. The molecule has 2 aromatic rings. The maximum atomic E-state index is 12.5. The molecule has 126 valence electrons. The number of hydrogen-bond donors (Lipinski definition) is 2. The predicted molar refractivity (Wildman–Crippen MR) is 97.4 cm³/mol. The van der Waals surface area contributed by atoms with Crippen LogP contribution in [0.1, 0.15) is 24.5 Å². The number of β-amino-alcohol motifs (C(OH)–C–C–N with tert-alkyl or cyclic N) is 1. The molecule has 1 amide bonds. The van der Waals surface area contributed by atoms with Crippen molar-refractivity contribution in [3.63, 3.8) is 0 Å². The number of anilines is 2. The van der Waals surface area contributed by atoms with Gasteiger partial charge in [-0.05, 0) is 56.0 Å². The Kier molecular flexibility index (Phi) is 4.58. The van der Waals surface area contributed by atoms with E-state index in [1.54, 1.807) is 6.92 Å². The Hall–Kier alpha value is -2.33. The zero-order chi connectivity index (χ0) is 17.2. The first-order chi connectivity index (χ1) is 11.5. The number of benzene rings is 2. The standard InChI is InChI=1S/C20H24N2O2/c1-15-7-5-10-17(13-15)21-19(23)20(2,24)14-22-12-6-9-16-8-3-4-11-18(16)22/h3-5,7-8,10-11,13,24H,6,9,12,14H2,1-2H3,(H,21,23)/t20-/m0/s1. The highest BCUT2D eigenvalue weighted by Crippen LogP contribution is 2.28. The third-order valence-electron chi connectivity index (χ3n) is 4.47. The van der Waals surface area contributed by atoms with Gasteiger partial charge in [-0.1, -0.05) is 30.3 Å². The van der Waals surface area contributed by atoms with Gasteiger partial charge in [-0.15, -0.1) is 0 Å². The summed E-state index contributed by atoms with van der Waals surface area (Å²) in [6, 6.07) is 15.8. The molecule has 0 saturated heterocycles. The molecule has 1 aliphatic rings. The Labute approximate surface area is 143 Å². The average molecular weight is 324 g/mol. The van der Waals surface area contributed by atoms with Crippen LogP contribution in [0.2, 0.25) is 0 Å². The van der Waals surface area contributed by atoms with Crippen LogP contribution in [0, 0.1) is 6.92 Å². The minimum atomic E-state index is -1.46. The van der Waals surface area contributed by atoms with Crippen LogP contribution in [-0.2, 0) is 11.2 Å². The van der Waals surface area contributed by atoms with E-state index in [0.717, 1.165) is 30.6 Å². The zero-order valence-corrected chi connectivity index (χ0v) is 14.2. The van der Waals surface area contributed by atoms with Crippen LogP contribution in [0.15, 0.2) is 48.5 Å². The number of carbonyl (C=O) groups excluding carboxylic acids is 1. The third-order valence-corrected chi connectivity index (χ3v) is 4.47. The van der Waals surface area contributed by atoms with Crippen molar-refractivity contribution in [3.8, 4) is 0 Å².